The summed E-state index contributed by atoms with van der Waals surface area (Å²) in [6.07, 6.45) is 10.2. The quantitative estimate of drug-likeness (QED) is 0.400. The molecule has 41 heavy (non-hydrogen) atoms. The molecule has 0 bridgehead atoms. The van der Waals surface area contributed by atoms with Crippen LogP contribution in [0.1, 0.15) is 105 Å². The molecule has 0 aromatic rings. The van der Waals surface area contributed by atoms with Crippen molar-refractivity contribution in [1.82, 2.24) is 20.3 Å². The van der Waals surface area contributed by atoms with Crippen molar-refractivity contribution in [2.45, 2.75) is 133 Å². The minimum atomic E-state index is -3.90. The van der Waals surface area contributed by atoms with Crippen LogP contribution in [-0.4, -0.2) is 71.6 Å². The molecule has 0 unspecified atom stereocenters. The summed E-state index contributed by atoms with van der Waals surface area (Å²) in [5.41, 5.74) is -2.11. The highest BCUT2D eigenvalue weighted by Crippen LogP contribution is 2.49. The fourth-order valence-electron chi connectivity index (χ4n) is 6.11. The smallest absolute Gasteiger partial charge is 0.408 e. The number of ether oxygens (including phenoxy) is 1. The summed E-state index contributed by atoms with van der Waals surface area (Å²) in [6, 6.07) is -1.67. The Morgan fingerprint density at radius 2 is 1.85 bits per heavy atom. The number of hydrogen-bond acceptors (Lipinski definition) is 7. The zero-order valence-electron chi connectivity index (χ0n) is 24.8. The van der Waals surface area contributed by atoms with E-state index in [9.17, 15) is 27.6 Å². The van der Waals surface area contributed by atoms with Crippen LogP contribution in [0.5, 0.6) is 0 Å². The zero-order chi connectivity index (χ0) is 30.1. The molecule has 4 aliphatic rings. The van der Waals surface area contributed by atoms with Gasteiger partial charge in [-0.3, -0.25) is 19.1 Å². The van der Waals surface area contributed by atoms with E-state index in [1.54, 1.807) is 20.8 Å². The van der Waals surface area contributed by atoms with Gasteiger partial charge in [0.2, 0.25) is 21.8 Å². The lowest BCUT2D eigenvalue weighted by molar-refractivity contribution is -0.141. The van der Waals surface area contributed by atoms with Crippen molar-refractivity contribution < 1.29 is 32.3 Å². The molecular formula is C29H46N4O7S. The van der Waals surface area contributed by atoms with E-state index < -0.39 is 55.9 Å². The number of sulfonamides is 1. The molecule has 12 heteroatoms. The van der Waals surface area contributed by atoms with E-state index in [-0.39, 0.29) is 11.8 Å². The number of nitrogens with one attached hydrogen (secondary N) is 3. The van der Waals surface area contributed by atoms with Gasteiger partial charge in [-0.1, -0.05) is 38.3 Å². The summed E-state index contributed by atoms with van der Waals surface area (Å²) in [4.78, 5) is 54.9. The van der Waals surface area contributed by atoms with E-state index in [1.807, 2.05) is 19.1 Å². The molecule has 11 nitrogen and oxygen atoms in total. The van der Waals surface area contributed by atoms with Gasteiger partial charge in [-0.15, -0.1) is 0 Å². The molecule has 2 aliphatic carbocycles. The Balaban J connectivity index is 1.54. The number of alkyl carbamates (subject to hydrolysis) is 1. The van der Waals surface area contributed by atoms with Gasteiger partial charge >= 0.3 is 6.09 Å². The van der Waals surface area contributed by atoms with Gasteiger partial charge in [0.05, 0.1) is 4.75 Å². The van der Waals surface area contributed by atoms with Crippen molar-refractivity contribution in [3.8, 4) is 0 Å². The van der Waals surface area contributed by atoms with Crippen LogP contribution in [0.3, 0.4) is 0 Å². The summed E-state index contributed by atoms with van der Waals surface area (Å²) < 4.78 is 33.1. The van der Waals surface area contributed by atoms with Crippen LogP contribution in [-0.2, 0) is 29.1 Å². The van der Waals surface area contributed by atoms with Gasteiger partial charge in [0.15, 0.2) is 0 Å². The van der Waals surface area contributed by atoms with E-state index in [1.165, 1.54) is 4.90 Å². The second-order valence-corrected chi connectivity index (χ2v) is 15.2. The Bertz CT molecular complexity index is 1170. The third-order valence-electron chi connectivity index (χ3n) is 8.64. The highest BCUT2D eigenvalue weighted by atomic mass is 32.2. The monoisotopic (exact) mass is 594 g/mol. The third-order valence-corrected chi connectivity index (χ3v) is 10.8. The van der Waals surface area contributed by atoms with Crippen LogP contribution in [0, 0.1) is 5.92 Å². The minimum absolute atomic E-state index is 0.293. The van der Waals surface area contributed by atoms with Crippen LogP contribution >= 0.6 is 0 Å². The first-order chi connectivity index (χ1) is 19.2. The fourth-order valence-corrected chi connectivity index (χ4v) is 7.87. The van der Waals surface area contributed by atoms with E-state index in [2.05, 4.69) is 15.4 Å². The Hall–Kier alpha value is -2.63. The molecular weight excluding hydrogens is 548 g/mol. The lowest BCUT2D eigenvalue weighted by Gasteiger charge is -2.30. The summed E-state index contributed by atoms with van der Waals surface area (Å²) in [5, 5.41) is 5.58. The number of allylic oxidation sites excluding steroid dienone is 1. The van der Waals surface area contributed by atoms with Crippen LogP contribution in [0.2, 0.25) is 0 Å². The molecule has 4 amide bonds. The highest BCUT2D eigenvalue weighted by molar-refractivity contribution is 7.91. The maximum atomic E-state index is 13.7. The molecule has 1 saturated heterocycles. The van der Waals surface area contributed by atoms with Gasteiger partial charge in [-0.25, -0.2) is 13.2 Å². The largest absolute Gasteiger partial charge is 0.444 e. The molecule has 0 aromatic heterocycles. The normalized spacial score (nSPS) is 30.9. The first kappa shape index (κ1) is 31.3. The Kier molecular flexibility index (Phi) is 9.11. The van der Waals surface area contributed by atoms with Crippen molar-refractivity contribution in [3.63, 3.8) is 0 Å². The third kappa shape index (κ3) is 7.06. The predicted octanol–water partition coefficient (Wildman–Crippen LogP) is 3.04. The van der Waals surface area contributed by atoms with E-state index in [4.69, 9.17) is 4.74 Å². The standard InChI is InChI=1S/C29H46N4O7S/c1-5-15-28(16-17-28)41(38,39)32-25(36)29-19-20(29)12-9-7-6-8-10-13-21(30-26(37)40-27(2,3)4)24(35)33-18-11-14-22(33)23(34)31-29/h9,12,20-22H,5-8,10-11,13-19H2,1-4H3,(H,30,37)(H,31,34)(H,32,36)/b12-9-/t20-,21+,22+,29-/m1/s1. The molecule has 4 rings (SSSR count). The van der Waals surface area contributed by atoms with Crippen LogP contribution in [0.25, 0.3) is 0 Å². The maximum absolute atomic E-state index is 13.7. The van der Waals surface area contributed by atoms with Gasteiger partial charge in [0.25, 0.3) is 5.91 Å². The number of amides is 4. The molecule has 2 heterocycles. The number of hydrogen-bond donors (Lipinski definition) is 3. The first-order valence-electron chi connectivity index (χ1n) is 15.1. The van der Waals surface area contributed by atoms with E-state index in [0.717, 1.165) is 19.3 Å². The second kappa shape index (κ2) is 11.9. The maximum Gasteiger partial charge on any atom is 0.408 e. The van der Waals surface area contributed by atoms with Crippen molar-refractivity contribution in [1.29, 1.82) is 0 Å². The molecule has 3 fully saturated rings. The average molecular weight is 595 g/mol. The lowest BCUT2D eigenvalue weighted by atomic mass is 10.0. The highest BCUT2D eigenvalue weighted by Gasteiger charge is 2.63. The molecule has 3 N–H and O–H groups in total. The zero-order valence-corrected chi connectivity index (χ0v) is 25.6. The van der Waals surface area contributed by atoms with Crippen molar-refractivity contribution in [3.05, 3.63) is 12.2 Å². The minimum Gasteiger partial charge on any atom is -0.444 e. The van der Waals surface area contributed by atoms with Gasteiger partial charge in [-0.05, 0) is 78.6 Å². The number of nitrogens with zero attached hydrogens (tertiary/aromatic N) is 1. The summed E-state index contributed by atoms with van der Waals surface area (Å²) in [7, 11) is -3.90. The van der Waals surface area contributed by atoms with Crippen molar-refractivity contribution in [2.75, 3.05) is 6.54 Å². The van der Waals surface area contributed by atoms with Gasteiger partial charge < -0.3 is 20.3 Å². The number of fused-ring (bicyclic) bond motifs is 2. The second-order valence-electron chi connectivity index (χ2n) is 13.1. The molecule has 0 aromatic carbocycles. The molecule has 2 saturated carbocycles. The van der Waals surface area contributed by atoms with Gasteiger partial charge in [0, 0.05) is 12.5 Å². The summed E-state index contributed by atoms with van der Waals surface area (Å²) >= 11 is 0. The SMILES string of the molecule is CCCC1(S(=O)(=O)NC(=O)[C@@]23C[C@H]2/C=C\CCCCC[C@H](NC(=O)OC(C)(C)C)C(=O)N2CCC[C@H]2C(=O)N3)CC1. The van der Waals surface area contributed by atoms with Crippen molar-refractivity contribution >= 4 is 33.8 Å². The van der Waals surface area contributed by atoms with Crippen LogP contribution in [0.15, 0.2) is 12.2 Å². The Morgan fingerprint density at radius 3 is 2.51 bits per heavy atom. The number of carbonyl (C=O) groups is 4. The van der Waals surface area contributed by atoms with Crippen LogP contribution < -0.4 is 15.4 Å². The topological polar surface area (TPSA) is 151 Å². The molecule has 0 radical (unpaired) electrons. The average Bonchev–Trinajstić information content (AvgIpc) is 3.75. The Morgan fingerprint density at radius 1 is 1.12 bits per heavy atom. The van der Waals surface area contributed by atoms with Crippen molar-refractivity contribution in [2.24, 2.45) is 5.92 Å². The van der Waals surface area contributed by atoms with Gasteiger partial charge in [-0.2, -0.15) is 0 Å². The fraction of sp³-hybridized carbons (Fsp3) is 0.793. The van der Waals surface area contributed by atoms with E-state index in [0.29, 0.717) is 64.3 Å². The molecule has 4 atom stereocenters. The lowest BCUT2D eigenvalue weighted by Crippen LogP contribution is -2.58. The predicted molar refractivity (Wildman–Crippen MR) is 153 cm³/mol. The van der Waals surface area contributed by atoms with Crippen LogP contribution in [0.4, 0.5) is 4.79 Å². The number of carbonyl (C=O) groups excluding carboxylic acids is 4. The summed E-state index contributed by atoms with van der Waals surface area (Å²) in [6.45, 7) is 7.50. The molecule has 230 valence electrons. The Labute approximate surface area is 243 Å². The summed E-state index contributed by atoms with van der Waals surface area (Å²) in [5.74, 6) is -1.89. The first-order valence-corrected chi connectivity index (χ1v) is 16.6. The molecule has 2 aliphatic heterocycles. The molecule has 0 spiro atoms. The number of rotatable bonds is 6. The van der Waals surface area contributed by atoms with Gasteiger partial charge in [0.1, 0.15) is 23.2 Å². The van der Waals surface area contributed by atoms with E-state index >= 15 is 0 Å².